The number of nitrogens with one attached hydrogen (secondary N) is 1. The molecule has 0 spiro atoms. The first kappa shape index (κ1) is 12.2. The topological polar surface area (TPSA) is 21.3 Å². The fourth-order valence-corrected chi connectivity index (χ4v) is 1.55. The van der Waals surface area contributed by atoms with Crippen molar-refractivity contribution in [3.05, 3.63) is 23.8 Å². The lowest BCUT2D eigenvalue weighted by Crippen LogP contribution is -2.02. The van der Waals surface area contributed by atoms with Crippen molar-refractivity contribution in [1.29, 1.82) is 0 Å². The minimum absolute atomic E-state index is 0.716. The summed E-state index contributed by atoms with van der Waals surface area (Å²) in [4.78, 5) is 0. The highest BCUT2D eigenvalue weighted by Crippen LogP contribution is 2.21. The summed E-state index contributed by atoms with van der Waals surface area (Å²) in [5, 5.41) is 3.35. The van der Waals surface area contributed by atoms with E-state index in [1.165, 1.54) is 5.56 Å². The van der Waals surface area contributed by atoms with Crippen LogP contribution in [0.25, 0.3) is 0 Å². The number of ether oxygens (including phenoxy) is 1. The van der Waals surface area contributed by atoms with Gasteiger partial charge in [0.2, 0.25) is 0 Å². The fourth-order valence-electron chi connectivity index (χ4n) is 1.39. The van der Waals surface area contributed by atoms with Gasteiger partial charge in [-0.05, 0) is 49.8 Å². The molecule has 0 amide bonds. The highest BCUT2D eigenvalue weighted by atomic mass is 32.1. The van der Waals surface area contributed by atoms with Crippen LogP contribution >= 0.6 is 12.6 Å². The number of hydrogen-bond donors (Lipinski definition) is 2. The number of rotatable bonds is 6. The van der Waals surface area contributed by atoms with Crippen LogP contribution in [0.4, 0.5) is 5.69 Å². The Bertz CT molecular complexity index is 302. The second-order valence-electron chi connectivity index (χ2n) is 3.42. The maximum atomic E-state index is 5.48. The second-order valence-corrected chi connectivity index (χ2v) is 3.86. The Hall–Kier alpha value is -0.830. The van der Waals surface area contributed by atoms with Gasteiger partial charge < -0.3 is 10.1 Å². The summed E-state index contributed by atoms with van der Waals surface area (Å²) >= 11 is 4.17. The van der Waals surface area contributed by atoms with Gasteiger partial charge in [0.05, 0.1) is 6.61 Å². The molecule has 3 heteroatoms. The highest BCUT2D eigenvalue weighted by molar-refractivity contribution is 7.80. The van der Waals surface area contributed by atoms with Gasteiger partial charge in [0.15, 0.2) is 0 Å². The minimum Gasteiger partial charge on any atom is -0.494 e. The number of hydrogen-bond acceptors (Lipinski definition) is 3. The zero-order valence-electron chi connectivity index (χ0n) is 9.42. The van der Waals surface area contributed by atoms with Gasteiger partial charge in [-0.1, -0.05) is 0 Å². The first-order chi connectivity index (χ1) is 7.27. The average Bonchev–Trinajstić information content (AvgIpc) is 2.23. The maximum Gasteiger partial charge on any atom is 0.122 e. The molecule has 0 saturated carbocycles. The normalized spacial score (nSPS) is 10.1. The summed E-state index contributed by atoms with van der Waals surface area (Å²) in [7, 11) is 0. The van der Waals surface area contributed by atoms with E-state index in [0.29, 0.717) is 6.61 Å². The van der Waals surface area contributed by atoms with Crippen LogP contribution in [0.15, 0.2) is 18.2 Å². The van der Waals surface area contributed by atoms with Crippen molar-refractivity contribution < 1.29 is 4.74 Å². The van der Waals surface area contributed by atoms with Gasteiger partial charge in [-0.25, -0.2) is 0 Å². The van der Waals surface area contributed by atoms with Crippen LogP contribution in [-0.2, 0) is 0 Å². The van der Waals surface area contributed by atoms with Crippen LogP contribution in [0.3, 0.4) is 0 Å². The number of thiol groups is 1. The average molecular weight is 225 g/mol. The molecule has 1 rings (SSSR count). The molecular weight excluding hydrogens is 206 g/mol. The van der Waals surface area contributed by atoms with Gasteiger partial charge in [-0.15, -0.1) is 0 Å². The molecule has 1 aromatic carbocycles. The lowest BCUT2D eigenvalue weighted by molar-refractivity contribution is 0.338. The molecule has 1 N–H and O–H groups in total. The Morgan fingerprint density at radius 2 is 2.20 bits per heavy atom. The molecule has 0 heterocycles. The standard InChI is InChI=1S/C12H19NOS/c1-3-14-12-6-5-11(9-10(12)2)13-7-4-8-15/h5-6,9,13,15H,3-4,7-8H2,1-2H3. The maximum absolute atomic E-state index is 5.48. The van der Waals surface area contributed by atoms with Crippen LogP contribution in [0.1, 0.15) is 18.9 Å². The van der Waals surface area contributed by atoms with E-state index in [9.17, 15) is 0 Å². The van der Waals surface area contributed by atoms with E-state index in [2.05, 4.69) is 37.0 Å². The molecule has 0 fully saturated rings. The Morgan fingerprint density at radius 3 is 2.80 bits per heavy atom. The van der Waals surface area contributed by atoms with Crippen molar-refractivity contribution in [2.24, 2.45) is 0 Å². The molecule has 2 nitrogen and oxygen atoms in total. The first-order valence-electron chi connectivity index (χ1n) is 5.36. The molecule has 15 heavy (non-hydrogen) atoms. The SMILES string of the molecule is CCOc1ccc(NCCCS)cc1C. The van der Waals surface area contributed by atoms with Gasteiger partial charge in [-0.3, -0.25) is 0 Å². The molecule has 0 aliphatic rings. The van der Waals surface area contributed by atoms with Gasteiger partial charge in [0.1, 0.15) is 5.75 Å². The molecular formula is C12H19NOS. The van der Waals surface area contributed by atoms with Crippen molar-refractivity contribution in [2.45, 2.75) is 20.3 Å². The van der Waals surface area contributed by atoms with Gasteiger partial charge in [0.25, 0.3) is 0 Å². The summed E-state index contributed by atoms with van der Waals surface area (Å²) in [6.07, 6.45) is 1.08. The van der Waals surface area contributed by atoms with Crippen LogP contribution in [0.2, 0.25) is 0 Å². The van der Waals surface area contributed by atoms with Crippen molar-refractivity contribution in [2.75, 3.05) is 24.2 Å². The van der Waals surface area contributed by atoms with Crippen LogP contribution in [-0.4, -0.2) is 18.9 Å². The molecule has 0 unspecified atom stereocenters. The quantitative estimate of drug-likeness (QED) is 0.573. The predicted molar refractivity (Wildman–Crippen MR) is 69.3 cm³/mol. The number of anilines is 1. The van der Waals surface area contributed by atoms with Gasteiger partial charge >= 0.3 is 0 Å². The minimum atomic E-state index is 0.716. The fraction of sp³-hybridized carbons (Fsp3) is 0.500. The lowest BCUT2D eigenvalue weighted by Gasteiger charge is -2.10. The summed E-state index contributed by atoms with van der Waals surface area (Å²) in [6.45, 7) is 5.75. The smallest absolute Gasteiger partial charge is 0.122 e. The summed E-state index contributed by atoms with van der Waals surface area (Å²) in [5.74, 6) is 1.89. The Labute approximate surface area is 97.4 Å². The third kappa shape index (κ3) is 4.04. The molecule has 0 saturated heterocycles. The van der Waals surface area contributed by atoms with Crippen LogP contribution < -0.4 is 10.1 Å². The molecule has 0 aromatic heterocycles. The number of benzene rings is 1. The Balaban J connectivity index is 2.56. The molecule has 0 atom stereocenters. The third-order valence-corrected chi connectivity index (χ3v) is 2.46. The van der Waals surface area contributed by atoms with E-state index in [4.69, 9.17) is 4.74 Å². The molecule has 0 radical (unpaired) electrons. The monoisotopic (exact) mass is 225 g/mol. The van der Waals surface area contributed by atoms with E-state index in [-0.39, 0.29) is 0 Å². The molecule has 84 valence electrons. The van der Waals surface area contributed by atoms with Crippen molar-refractivity contribution in [3.63, 3.8) is 0 Å². The Kier molecular flexibility index (Phi) is 5.40. The lowest BCUT2D eigenvalue weighted by atomic mass is 10.2. The van der Waals surface area contributed by atoms with Crippen molar-refractivity contribution in [3.8, 4) is 5.75 Å². The van der Waals surface area contributed by atoms with Crippen LogP contribution in [0.5, 0.6) is 5.75 Å². The van der Waals surface area contributed by atoms with E-state index < -0.39 is 0 Å². The van der Waals surface area contributed by atoms with Gasteiger partial charge in [0, 0.05) is 12.2 Å². The predicted octanol–water partition coefficient (Wildman–Crippen LogP) is 3.13. The Morgan fingerprint density at radius 1 is 1.40 bits per heavy atom. The first-order valence-corrected chi connectivity index (χ1v) is 5.99. The molecule has 0 aliphatic carbocycles. The summed E-state index contributed by atoms with van der Waals surface area (Å²) in [6, 6.07) is 6.18. The molecule has 1 aromatic rings. The van der Waals surface area contributed by atoms with Crippen molar-refractivity contribution in [1.82, 2.24) is 0 Å². The van der Waals surface area contributed by atoms with E-state index in [1.54, 1.807) is 0 Å². The van der Waals surface area contributed by atoms with Crippen molar-refractivity contribution >= 4 is 18.3 Å². The van der Waals surface area contributed by atoms with Crippen LogP contribution in [0, 0.1) is 6.92 Å². The summed E-state index contributed by atoms with van der Waals surface area (Å²) < 4.78 is 5.48. The van der Waals surface area contributed by atoms with E-state index in [0.717, 1.165) is 30.2 Å². The zero-order valence-corrected chi connectivity index (χ0v) is 10.3. The molecule has 0 bridgehead atoms. The largest absolute Gasteiger partial charge is 0.494 e. The number of aryl methyl sites for hydroxylation is 1. The van der Waals surface area contributed by atoms with Gasteiger partial charge in [-0.2, -0.15) is 12.6 Å². The molecule has 0 aliphatic heterocycles. The third-order valence-electron chi connectivity index (χ3n) is 2.14. The summed E-state index contributed by atoms with van der Waals surface area (Å²) in [5.41, 5.74) is 2.32. The van der Waals surface area contributed by atoms with E-state index >= 15 is 0 Å². The second kappa shape index (κ2) is 6.62. The highest BCUT2D eigenvalue weighted by Gasteiger charge is 1.99. The zero-order chi connectivity index (χ0) is 11.1. The van der Waals surface area contributed by atoms with E-state index in [1.807, 2.05) is 13.0 Å².